The lowest BCUT2D eigenvalue weighted by Crippen LogP contribution is -2.43. The zero-order valence-electron chi connectivity index (χ0n) is 12.2. The van der Waals surface area contributed by atoms with Crippen molar-refractivity contribution in [2.45, 2.75) is 31.7 Å². The molecule has 1 aliphatic rings. The monoisotopic (exact) mass is 321 g/mol. The normalized spacial score (nSPS) is 19.2. The first-order chi connectivity index (χ1) is 10.3. The van der Waals surface area contributed by atoms with Gasteiger partial charge in [0.25, 0.3) is 0 Å². The fourth-order valence-corrected chi connectivity index (χ4v) is 2.76. The minimum Gasteiger partial charge on any atom is -0.494 e. The molecule has 1 N–H and O–H groups in total. The molecule has 3 nitrogen and oxygen atoms in total. The summed E-state index contributed by atoms with van der Waals surface area (Å²) < 4.78 is 55.9. The molecular weight excluding hydrogens is 302 g/mol. The van der Waals surface area contributed by atoms with Crippen LogP contribution in [0.15, 0.2) is 18.2 Å². The Morgan fingerprint density at radius 2 is 1.95 bits per heavy atom. The molecule has 1 aromatic rings. The highest BCUT2D eigenvalue weighted by Crippen LogP contribution is 2.32. The summed E-state index contributed by atoms with van der Waals surface area (Å²) in [4.78, 5) is 1.96. The number of piperidine rings is 1. The van der Waals surface area contributed by atoms with Gasteiger partial charge in [-0.3, -0.25) is 4.90 Å². The highest BCUT2D eigenvalue weighted by atomic mass is 19.4. The van der Waals surface area contributed by atoms with E-state index < -0.39 is 24.0 Å². The summed E-state index contributed by atoms with van der Waals surface area (Å²) in [6.45, 7) is 1.37. The Morgan fingerprint density at radius 3 is 2.45 bits per heavy atom. The Morgan fingerprint density at radius 1 is 1.32 bits per heavy atom. The van der Waals surface area contributed by atoms with E-state index in [2.05, 4.69) is 0 Å². The maximum atomic E-state index is 13.6. The fourth-order valence-electron chi connectivity index (χ4n) is 2.76. The molecule has 1 aliphatic heterocycles. The topological polar surface area (TPSA) is 32.7 Å². The molecule has 1 heterocycles. The van der Waals surface area contributed by atoms with Crippen LogP contribution in [-0.4, -0.2) is 42.5 Å². The second-order valence-electron chi connectivity index (χ2n) is 5.57. The van der Waals surface area contributed by atoms with Crippen molar-refractivity contribution in [2.75, 3.05) is 20.2 Å². The predicted molar refractivity (Wildman–Crippen MR) is 73.0 cm³/mol. The van der Waals surface area contributed by atoms with Crippen molar-refractivity contribution in [3.63, 3.8) is 0 Å². The van der Waals surface area contributed by atoms with Crippen LogP contribution < -0.4 is 4.74 Å². The third-order valence-electron chi connectivity index (χ3n) is 4.04. The zero-order valence-corrected chi connectivity index (χ0v) is 12.2. The average Bonchev–Trinajstić information content (AvgIpc) is 2.46. The molecule has 7 heteroatoms. The molecule has 0 aromatic heterocycles. The minimum absolute atomic E-state index is 0.163. The Labute approximate surface area is 126 Å². The number of halogens is 4. The number of hydrogen-bond donors (Lipinski definition) is 1. The van der Waals surface area contributed by atoms with Gasteiger partial charge in [-0.2, -0.15) is 13.2 Å². The first kappa shape index (κ1) is 17.0. The number of rotatable bonds is 4. The molecule has 1 atom stereocenters. The summed E-state index contributed by atoms with van der Waals surface area (Å²) in [5.41, 5.74) is 0.744. The number of alkyl halides is 3. The highest BCUT2D eigenvalue weighted by Gasteiger charge is 2.44. The molecule has 0 aliphatic carbocycles. The Bertz CT molecular complexity index is 499. The summed E-state index contributed by atoms with van der Waals surface area (Å²) in [6, 6.07) is 4.64. The number of nitrogens with zero attached hydrogens (tertiary/aromatic N) is 1. The van der Waals surface area contributed by atoms with E-state index in [1.807, 2.05) is 4.90 Å². The van der Waals surface area contributed by atoms with Gasteiger partial charge in [-0.15, -0.1) is 0 Å². The van der Waals surface area contributed by atoms with Crippen molar-refractivity contribution in [1.82, 2.24) is 4.90 Å². The van der Waals surface area contributed by atoms with Gasteiger partial charge in [-0.05, 0) is 49.5 Å². The van der Waals surface area contributed by atoms with Crippen LogP contribution >= 0.6 is 0 Å². The number of aliphatic hydroxyl groups is 1. The number of ether oxygens (including phenoxy) is 1. The lowest BCUT2D eigenvalue weighted by Gasteiger charge is -2.34. The van der Waals surface area contributed by atoms with Gasteiger partial charge in [-0.25, -0.2) is 4.39 Å². The molecule has 0 amide bonds. The number of hydrogen-bond acceptors (Lipinski definition) is 3. The first-order valence-corrected chi connectivity index (χ1v) is 7.11. The van der Waals surface area contributed by atoms with Crippen molar-refractivity contribution >= 4 is 0 Å². The summed E-state index contributed by atoms with van der Waals surface area (Å²) in [5.74, 6) is -1.05. The number of likely N-dealkylation sites (tertiary alicyclic amines) is 1. The summed E-state index contributed by atoms with van der Waals surface area (Å²) in [6.07, 6.45) is -6.27. The molecule has 1 fully saturated rings. The van der Waals surface area contributed by atoms with Crippen molar-refractivity contribution in [1.29, 1.82) is 0 Å². The van der Waals surface area contributed by atoms with E-state index in [-0.39, 0.29) is 18.6 Å². The maximum absolute atomic E-state index is 13.6. The average molecular weight is 321 g/mol. The SMILES string of the molecule is COc1ccc(CN2CCC(C(O)C(F)(F)F)CC2)cc1F. The van der Waals surface area contributed by atoms with Gasteiger partial charge in [0.2, 0.25) is 0 Å². The molecule has 124 valence electrons. The van der Waals surface area contributed by atoms with Gasteiger partial charge < -0.3 is 9.84 Å². The molecule has 22 heavy (non-hydrogen) atoms. The minimum atomic E-state index is -4.56. The lowest BCUT2D eigenvalue weighted by molar-refractivity contribution is -0.223. The standard InChI is InChI=1S/C15H19F4NO2/c1-22-13-3-2-10(8-12(13)16)9-20-6-4-11(5-7-20)14(21)15(17,18)19/h2-3,8,11,14,21H,4-7,9H2,1H3. The van der Waals surface area contributed by atoms with Gasteiger partial charge in [-0.1, -0.05) is 6.07 Å². The number of benzene rings is 1. The second kappa shape index (κ2) is 6.83. The van der Waals surface area contributed by atoms with Crippen molar-refractivity contribution in [3.05, 3.63) is 29.6 Å². The van der Waals surface area contributed by atoms with Crippen molar-refractivity contribution < 1.29 is 27.4 Å². The Balaban J connectivity index is 1.89. The van der Waals surface area contributed by atoms with Gasteiger partial charge in [0.15, 0.2) is 17.7 Å². The smallest absolute Gasteiger partial charge is 0.414 e. The van der Waals surface area contributed by atoms with Gasteiger partial charge in [0.1, 0.15) is 0 Å². The Kier molecular flexibility index (Phi) is 5.28. The van der Waals surface area contributed by atoms with Crippen LogP contribution in [0.4, 0.5) is 17.6 Å². The molecule has 0 radical (unpaired) electrons. The molecular formula is C15H19F4NO2. The van der Waals surface area contributed by atoms with E-state index in [1.54, 1.807) is 6.07 Å². The van der Waals surface area contributed by atoms with E-state index in [0.29, 0.717) is 19.6 Å². The van der Waals surface area contributed by atoms with Crippen LogP contribution in [0.1, 0.15) is 18.4 Å². The van der Waals surface area contributed by atoms with Crippen LogP contribution in [0, 0.1) is 11.7 Å². The Hall–Kier alpha value is -1.34. The molecule has 1 unspecified atom stereocenters. The quantitative estimate of drug-likeness (QED) is 0.866. The fraction of sp³-hybridized carbons (Fsp3) is 0.600. The molecule has 0 saturated carbocycles. The van der Waals surface area contributed by atoms with E-state index in [4.69, 9.17) is 4.74 Å². The zero-order chi connectivity index (χ0) is 16.3. The van der Waals surface area contributed by atoms with E-state index >= 15 is 0 Å². The van der Waals surface area contributed by atoms with Gasteiger partial charge in [0.05, 0.1) is 7.11 Å². The third kappa shape index (κ3) is 4.10. The van der Waals surface area contributed by atoms with E-state index in [9.17, 15) is 22.7 Å². The molecule has 0 spiro atoms. The third-order valence-corrected chi connectivity index (χ3v) is 4.04. The van der Waals surface area contributed by atoms with Crippen molar-refractivity contribution in [2.24, 2.45) is 5.92 Å². The molecule has 1 saturated heterocycles. The van der Waals surface area contributed by atoms with E-state index in [0.717, 1.165) is 5.56 Å². The van der Waals surface area contributed by atoms with Crippen LogP contribution in [0.2, 0.25) is 0 Å². The summed E-state index contributed by atoms with van der Waals surface area (Å²) >= 11 is 0. The molecule has 0 bridgehead atoms. The lowest BCUT2D eigenvalue weighted by atomic mass is 9.90. The van der Waals surface area contributed by atoms with Crippen LogP contribution in [0.25, 0.3) is 0 Å². The van der Waals surface area contributed by atoms with Gasteiger partial charge in [0, 0.05) is 6.54 Å². The summed E-state index contributed by atoms with van der Waals surface area (Å²) in [5, 5.41) is 9.27. The highest BCUT2D eigenvalue weighted by molar-refractivity contribution is 5.29. The van der Waals surface area contributed by atoms with E-state index in [1.165, 1.54) is 19.2 Å². The first-order valence-electron chi connectivity index (χ1n) is 7.11. The van der Waals surface area contributed by atoms with Crippen LogP contribution in [-0.2, 0) is 6.54 Å². The molecule has 1 aromatic carbocycles. The number of aliphatic hydroxyl groups excluding tert-OH is 1. The van der Waals surface area contributed by atoms with Crippen LogP contribution in [0.5, 0.6) is 5.75 Å². The number of methoxy groups -OCH3 is 1. The largest absolute Gasteiger partial charge is 0.494 e. The predicted octanol–water partition coefficient (Wildman–Crippen LogP) is 2.97. The molecule has 2 rings (SSSR count). The maximum Gasteiger partial charge on any atom is 0.414 e. The van der Waals surface area contributed by atoms with Crippen molar-refractivity contribution in [3.8, 4) is 5.75 Å². The summed E-state index contributed by atoms with van der Waals surface area (Å²) in [7, 11) is 1.38. The van der Waals surface area contributed by atoms with Gasteiger partial charge >= 0.3 is 6.18 Å². The van der Waals surface area contributed by atoms with Crippen LogP contribution in [0.3, 0.4) is 0 Å². The second-order valence-corrected chi connectivity index (χ2v) is 5.57.